The van der Waals surface area contributed by atoms with Gasteiger partial charge in [0.15, 0.2) is 0 Å². The van der Waals surface area contributed by atoms with Gasteiger partial charge in [-0.2, -0.15) is 9.49 Å². The van der Waals surface area contributed by atoms with E-state index in [1.807, 2.05) is 0 Å². The Labute approximate surface area is 117 Å². The fourth-order valence-electron chi connectivity index (χ4n) is 1.80. The number of anilines is 1. The van der Waals surface area contributed by atoms with E-state index >= 15 is 0 Å². The Balaban J connectivity index is 2.42. The number of nitro groups is 1. The Kier molecular flexibility index (Phi) is 3.66. The molecule has 0 unspecified atom stereocenters. The van der Waals surface area contributed by atoms with Crippen LogP contribution in [0.15, 0.2) is 18.3 Å². The monoisotopic (exact) mass is 296 g/mol. The molecule has 21 heavy (non-hydrogen) atoms. The van der Waals surface area contributed by atoms with Gasteiger partial charge in [0.25, 0.3) is 5.91 Å². The Morgan fingerprint density at radius 2 is 2.10 bits per heavy atom. The predicted molar refractivity (Wildman–Crippen MR) is 68.9 cm³/mol. The van der Waals surface area contributed by atoms with Crippen LogP contribution in [-0.4, -0.2) is 20.6 Å². The van der Waals surface area contributed by atoms with E-state index in [9.17, 15) is 23.7 Å². The molecule has 0 aliphatic rings. The van der Waals surface area contributed by atoms with Crippen LogP contribution >= 0.6 is 0 Å². The second-order valence-corrected chi connectivity index (χ2v) is 4.27. The van der Waals surface area contributed by atoms with Gasteiger partial charge in [0.1, 0.15) is 11.4 Å². The van der Waals surface area contributed by atoms with E-state index in [0.717, 1.165) is 0 Å². The van der Waals surface area contributed by atoms with Crippen LogP contribution < -0.4 is 5.32 Å². The van der Waals surface area contributed by atoms with Crippen LogP contribution in [0.3, 0.4) is 0 Å². The molecular formula is C12H10F2N4O3. The van der Waals surface area contributed by atoms with Crippen LogP contribution in [0.4, 0.5) is 20.2 Å². The molecule has 1 aromatic heterocycles. The Morgan fingerprint density at radius 3 is 2.62 bits per heavy atom. The van der Waals surface area contributed by atoms with Gasteiger partial charge in [-0.15, -0.1) is 0 Å². The highest BCUT2D eigenvalue weighted by molar-refractivity contribution is 6.05. The minimum atomic E-state index is -1.51. The number of carbonyl (C=O) groups is 1. The third-order valence-corrected chi connectivity index (χ3v) is 2.76. The van der Waals surface area contributed by atoms with Gasteiger partial charge in [0.05, 0.1) is 16.3 Å². The van der Waals surface area contributed by atoms with E-state index in [1.165, 1.54) is 10.9 Å². The van der Waals surface area contributed by atoms with Crippen molar-refractivity contribution in [2.45, 2.75) is 6.92 Å². The molecular weight excluding hydrogens is 286 g/mol. The standard InChI is InChI=1S/C12H10F2N4O3/c1-6-8(5-17(2)16-6)15-12(19)10-7(13)3-4-9(11(10)14)18(20)21/h3-5H,1-2H3,(H,15,19). The first-order valence-electron chi connectivity index (χ1n) is 5.75. The van der Waals surface area contributed by atoms with Crippen molar-refractivity contribution in [3.63, 3.8) is 0 Å². The molecule has 1 aromatic carbocycles. The summed E-state index contributed by atoms with van der Waals surface area (Å²) in [5.41, 5.74) is -1.28. The van der Waals surface area contributed by atoms with Crippen LogP contribution in [-0.2, 0) is 7.05 Å². The molecule has 2 aromatic rings. The van der Waals surface area contributed by atoms with Gasteiger partial charge in [-0.3, -0.25) is 19.6 Å². The number of halogens is 2. The van der Waals surface area contributed by atoms with E-state index in [1.54, 1.807) is 14.0 Å². The number of nitrogens with one attached hydrogen (secondary N) is 1. The molecule has 0 fully saturated rings. The Morgan fingerprint density at radius 1 is 1.43 bits per heavy atom. The van der Waals surface area contributed by atoms with Crippen molar-refractivity contribution < 1.29 is 18.5 Å². The van der Waals surface area contributed by atoms with Crippen molar-refractivity contribution in [1.29, 1.82) is 0 Å². The van der Waals surface area contributed by atoms with Gasteiger partial charge >= 0.3 is 5.69 Å². The van der Waals surface area contributed by atoms with Gasteiger partial charge in [0, 0.05) is 19.3 Å². The van der Waals surface area contributed by atoms with Crippen molar-refractivity contribution in [2.75, 3.05) is 5.32 Å². The second-order valence-electron chi connectivity index (χ2n) is 4.27. The minimum absolute atomic E-state index is 0.257. The number of rotatable bonds is 3. The predicted octanol–water partition coefficient (Wildman–Crippen LogP) is 2.17. The zero-order valence-corrected chi connectivity index (χ0v) is 11.1. The third kappa shape index (κ3) is 2.71. The van der Waals surface area contributed by atoms with E-state index in [4.69, 9.17) is 0 Å². The van der Waals surface area contributed by atoms with Crippen LogP contribution in [0.1, 0.15) is 16.1 Å². The van der Waals surface area contributed by atoms with Crippen molar-refractivity contribution >= 4 is 17.3 Å². The largest absolute Gasteiger partial charge is 0.319 e. The number of benzene rings is 1. The molecule has 0 atom stereocenters. The molecule has 0 spiro atoms. The molecule has 110 valence electrons. The first kappa shape index (κ1) is 14.6. The molecule has 1 heterocycles. The fourth-order valence-corrected chi connectivity index (χ4v) is 1.80. The lowest BCUT2D eigenvalue weighted by Crippen LogP contribution is -2.17. The van der Waals surface area contributed by atoms with E-state index in [-0.39, 0.29) is 5.69 Å². The number of hydrogen-bond donors (Lipinski definition) is 1. The number of aromatic nitrogens is 2. The maximum absolute atomic E-state index is 13.9. The smallest absolute Gasteiger partial charge is 0.305 e. The zero-order valence-electron chi connectivity index (χ0n) is 11.1. The van der Waals surface area contributed by atoms with Crippen LogP contribution in [0.2, 0.25) is 0 Å². The van der Waals surface area contributed by atoms with Crippen LogP contribution in [0.5, 0.6) is 0 Å². The van der Waals surface area contributed by atoms with Crippen molar-refractivity contribution in [1.82, 2.24) is 9.78 Å². The zero-order chi connectivity index (χ0) is 15.7. The van der Waals surface area contributed by atoms with Crippen molar-refractivity contribution in [3.8, 4) is 0 Å². The number of aryl methyl sites for hydroxylation is 2. The van der Waals surface area contributed by atoms with Gasteiger partial charge in [-0.25, -0.2) is 4.39 Å². The van der Waals surface area contributed by atoms with Gasteiger partial charge in [0.2, 0.25) is 5.82 Å². The molecule has 2 rings (SSSR count). The van der Waals surface area contributed by atoms with Gasteiger partial charge < -0.3 is 5.32 Å². The molecule has 9 heteroatoms. The summed E-state index contributed by atoms with van der Waals surface area (Å²) in [4.78, 5) is 21.5. The number of nitro benzene ring substituents is 1. The molecule has 0 saturated carbocycles. The first-order chi connectivity index (χ1) is 9.81. The summed E-state index contributed by atoms with van der Waals surface area (Å²) < 4.78 is 28.9. The maximum atomic E-state index is 13.9. The van der Waals surface area contributed by atoms with Crippen LogP contribution in [0.25, 0.3) is 0 Å². The fraction of sp³-hybridized carbons (Fsp3) is 0.167. The molecule has 0 saturated heterocycles. The first-order valence-corrected chi connectivity index (χ1v) is 5.75. The van der Waals surface area contributed by atoms with E-state index in [0.29, 0.717) is 17.8 Å². The molecule has 0 aliphatic carbocycles. The molecule has 0 aliphatic heterocycles. The highest BCUT2D eigenvalue weighted by Crippen LogP contribution is 2.24. The average Bonchev–Trinajstić information content (AvgIpc) is 2.67. The summed E-state index contributed by atoms with van der Waals surface area (Å²) in [6.45, 7) is 1.59. The van der Waals surface area contributed by atoms with Crippen LogP contribution in [0, 0.1) is 28.7 Å². The van der Waals surface area contributed by atoms with E-state index < -0.39 is 33.7 Å². The van der Waals surface area contributed by atoms with Crippen molar-refractivity contribution in [2.24, 2.45) is 7.05 Å². The lowest BCUT2D eigenvalue weighted by Gasteiger charge is -2.06. The maximum Gasteiger partial charge on any atom is 0.305 e. The number of hydrogen-bond acceptors (Lipinski definition) is 4. The summed E-state index contributed by atoms with van der Waals surface area (Å²) in [5.74, 6) is -3.82. The summed E-state index contributed by atoms with van der Waals surface area (Å²) in [6, 6.07) is 1.34. The summed E-state index contributed by atoms with van der Waals surface area (Å²) >= 11 is 0. The van der Waals surface area contributed by atoms with Gasteiger partial charge in [-0.1, -0.05) is 0 Å². The Bertz CT molecular complexity index is 742. The lowest BCUT2D eigenvalue weighted by molar-refractivity contribution is -0.387. The normalized spacial score (nSPS) is 10.5. The summed E-state index contributed by atoms with van der Waals surface area (Å²) in [6.07, 6.45) is 1.44. The molecule has 0 bridgehead atoms. The third-order valence-electron chi connectivity index (χ3n) is 2.76. The quantitative estimate of drug-likeness (QED) is 0.694. The minimum Gasteiger partial charge on any atom is -0.319 e. The topological polar surface area (TPSA) is 90.1 Å². The number of carbonyl (C=O) groups excluding carboxylic acids is 1. The number of nitrogens with zero attached hydrogens (tertiary/aromatic N) is 3. The van der Waals surface area contributed by atoms with Gasteiger partial charge in [-0.05, 0) is 13.0 Å². The SMILES string of the molecule is Cc1nn(C)cc1NC(=O)c1c(F)ccc([N+](=O)[O-])c1F. The van der Waals surface area contributed by atoms with E-state index in [2.05, 4.69) is 10.4 Å². The highest BCUT2D eigenvalue weighted by Gasteiger charge is 2.26. The molecule has 1 N–H and O–H groups in total. The van der Waals surface area contributed by atoms with Crippen molar-refractivity contribution in [3.05, 3.63) is 51.3 Å². The Hall–Kier alpha value is -2.84. The highest BCUT2D eigenvalue weighted by atomic mass is 19.1. The molecule has 0 radical (unpaired) electrons. The lowest BCUT2D eigenvalue weighted by atomic mass is 10.1. The molecule has 7 nitrogen and oxygen atoms in total. The summed E-state index contributed by atoms with van der Waals surface area (Å²) in [5, 5.41) is 16.8. The summed E-state index contributed by atoms with van der Waals surface area (Å²) in [7, 11) is 1.61. The number of amides is 1. The average molecular weight is 296 g/mol. The molecule has 1 amide bonds. The second kappa shape index (κ2) is 5.27.